The van der Waals surface area contributed by atoms with Crippen LogP contribution in [-0.4, -0.2) is 51.3 Å². The average Bonchev–Trinajstić information content (AvgIpc) is 2.72. The van der Waals surface area contributed by atoms with E-state index < -0.39 is 4.84 Å². The Morgan fingerprint density at radius 2 is 2.06 bits per heavy atom. The molecule has 2 fully saturated rings. The van der Waals surface area contributed by atoms with Gasteiger partial charge in [-0.2, -0.15) is 0 Å². The van der Waals surface area contributed by atoms with Gasteiger partial charge in [-0.15, -0.1) is 0 Å². The molecule has 0 bridgehead atoms. The molecule has 5 heteroatoms. The van der Waals surface area contributed by atoms with Crippen molar-refractivity contribution in [3.63, 3.8) is 0 Å². The second-order valence-electron chi connectivity index (χ2n) is 5.65. The summed E-state index contributed by atoms with van der Waals surface area (Å²) in [5.74, 6) is -0.156. The fourth-order valence-electron chi connectivity index (χ4n) is 3.35. The Morgan fingerprint density at radius 1 is 1.41 bits per heavy atom. The van der Waals surface area contributed by atoms with E-state index in [1.165, 1.54) is 6.42 Å². The third-order valence-corrected chi connectivity index (χ3v) is 4.64. The Kier molecular flexibility index (Phi) is 3.64. The van der Waals surface area contributed by atoms with Crippen molar-refractivity contribution in [1.29, 1.82) is 0 Å². The maximum absolute atomic E-state index is 12.1. The highest BCUT2D eigenvalue weighted by Gasteiger charge is 2.49. The molecule has 0 aromatic carbocycles. The summed E-state index contributed by atoms with van der Waals surface area (Å²) in [7, 11) is 0. The predicted molar refractivity (Wildman–Crippen MR) is 70.5 cm³/mol. The van der Waals surface area contributed by atoms with Gasteiger partial charge in [-0.25, -0.2) is 0 Å². The predicted octanol–water partition coefficient (Wildman–Crippen LogP) is 2.26. The fraction of sp³-hybridized carbons (Fsp3) is 0.917. The van der Waals surface area contributed by atoms with E-state index in [1.54, 1.807) is 0 Å². The van der Waals surface area contributed by atoms with Gasteiger partial charge in [0.1, 0.15) is 0 Å². The topological polar surface area (TPSA) is 23.6 Å². The van der Waals surface area contributed by atoms with Crippen LogP contribution in [0.1, 0.15) is 33.6 Å². The molecule has 2 unspecified atom stereocenters. The maximum Gasteiger partial charge on any atom is 0.256 e. The van der Waals surface area contributed by atoms with Gasteiger partial charge in [-0.3, -0.25) is 9.69 Å². The third kappa shape index (κ3) is 2.18. The quantitative estimate of drug-likeness (QED) is 0.687. The maximum atomic E-state index is 12.1. The van der Waals surface area contributed by atoms with Gasteiger partial charge in [0, 0.05) is 18.6 Å². The molecule has 0 aromatic heterocycles. The first-order valence-electron chi connectivity index (χ1n) is 6.21. The number of halogens is 2. The van der Waals surface area contributed by atoms with E-state index in [9.17, 15) is 4.79 Å². The first-order valence-corrected chi connectivity index (χ1v) is 7.08. The number of nitrogens with zero attached hydrogens (tertiary/aromatic N) is 2. The lowest BCUT2D eigenvalue weighted by Crippen LogP contribution is -2.68. The van der Waals surface area contributed by atoms with Gasteiger partial charge in [0.05, 0.1) is 5.54 Å². The van der Waals surface area contributed by atoms with Crippen LogP contribution in [-0.2, 0) is 4.79 Å². The Balaban J connectivity index is 2.26. The zero-order valence-electron chi connectivity index (χ0n) is 10.6. The van der Waals surface area contributed by atoms with Gasteiger partial charge in [0.2, 0.25) is 0 Å². The van der Waals surface area contributed by atoms with Crippen molar-refractivity contribution in [3.05, 3.63) is 0 Å². The van der Waals surface area contributed by atoms with E-state index >= 15 is 0 Å². The summed E-state index contributed by atoms with van der Waals surface area (Å²) in [5, 5.41) is 0. The van der Waals surface area contributed by atoms with E-state index in [2.05, 4.69) is 25.7 Å². The molecule has 0 saturated carbocycles. The number of hydrogen-bond acceptors (Lipinski definition) is 2. The van der Waals surface area contributed by atoms with E-state index in [-0.39, 0.29) is 11.4 Å². The normalized spacial score (nSPS) is 32.9. The van der Waals surface area contributed by atoms with Crippen molar-refractivity contribution in [2.45, 2.75) is 56.1 Å². The summed E-state index contributed by atoms with van der Waals surface area (Å²) in [6.07, 6.45) is 2.36. The summed E-state index contributed by atoms with van der Waals surface area (Å²) < 4.78 is 0. The molecule has 3 nitrogen and oxygen atoms in total. The summed E-state index contributed by atoms with van der Waals surface area (Å²) in [6, 6.07) is 0.828. The number of carbonyl (C=O) groups is 1. The van der Waals surface area contributed by atoms with Gasteiger partial charge in [0.15, 0.2) is 4.84 Å². The standard InChI is InChI=1S/C12H20Cl2N2O/c1-8-7-16(11(17)10(13)14)12(2,3)9-5-4-6-15(8)9/h8-10H,4-7H2,1-3H3. The molecule has 0 aromatic rings. The number of carbonyl (C=O) groups excluding carboxylic acids is 1. The molecule has 2 aliphatic rings. The van der Waals surface area contributed by atoms with Crippen LogP contribution >= 0.6 is 23.2 Å². The fourth-order valence-corrected chi connectivity index (χ4v) is 3.59. The largest absolute Gasteiger partial charge is 0.332 e. The average molecular weight is 279 g/mol. The molecule has 2 saturated heterocycles. The van der Waals surface area contributed by atoms with Crippen molar-refractivity contribution in [2.24, 2.45) is 0 Å². The second kappa shape index (κ2) is 4.60. The monoisotopic (exact) mass is 278 g/mol. The molecule has 2 rings (SSSR count). The van der Waals surface area contributed by atoms with Gasteiger partial charge in [-0.05, 0) is 40.2 Å². The lowest BCUT2D eigenvalue weighted by molar-refractivity contribution is -0.144. The van der Waals surface area contributed by atoms with Crippen LogP contribution in [0.2, 0.25) is 0 Å². The number of alkyl halides is 2. The minimum absolute atomic E-state index is 0.156. The van der Waals surface area contributed by atoms with Gasteiger partial charge in [-0.1, -0.05) is 23.2 Å². The third-order valence-electron chi connectivity index (χ3n) is 4.27. The Bertz CT molecular complexity index is 320. The van der Waals surface area contributed by atoms with Gasteiger partial charge < -0.3 is 4.90 Å². The molecule has 0 aliphatic carbocycles. The number of piperazine rings is 1. The molecule has 1 amide bonds. The summed E-state index contributed by atoms with van der Waals surface area (Å²) in [5.41, 5.74) is -0.178. The van der Waals surface area contributed by atoms with Crippen LogP contribution < -0.4 is 0 Å². The highest BCUT2D eigenvalue weighted by Crippen LogP contribution is 2.37. The molecular weight excluding hydrogens is 259 g/mol. The van der Waals surface area contributed by atoms with E-state index in [4.69, 9.17) is 23.2 Å². The lowest BCUT2D eigenvalue weighted by Gasteiger charge is -2.53. The molecule has 17 heavy (non-hydrogen) atoms. The molecule has 2 heterocycles. The highest BCUT2D eigenvalue weighted by molar-refractivity contribution is 6.53. The number of amides is 1. The van der Waals surface area contributed by atoms with Crippen LogP contribution in [0.15, 0.2) is 0 Å². The highest BCUT2D eigenvalue weighted by atomic mass is 35.5. The number of hydrogen-bond donors (Lipinski definition) is 0. The molecule has 0 radical (unpaired) electrons. The molecule has 2 atom stereocenters. The Morgan fingerprint density at radius 3 is 2.65 bits per heavy atom. The van der Waals surface area contributed by atoms with E-state index in [0.29, 0.717) is 12.1 Å². The first-order chi connectivity index (χ1) is 7.85. The second-order valence-corrected chi connectivity index (χ2v) is 6.74. The Hall–Kier alpha value is 0.01000. The summed E-state index contributed by atoms with van der Waals surface area (Å²) in [4.78, 5) is 15.5. The van der Waals surface area contributed by atoms with Crippen LogP contribution in [0, 0.1) is 0 Å². The molecule has 98 valence electrons. The van der Waals surface area contributed by atoms with Gasteiger partial charge >= 0.3 is 0 Å². The Labute approximate surface area is 113 Å². The number of fused-ring (bicyclic) bond motifs is 1. The van der Waals surface area contributed by atoms with E-state index in [1.807, 2.05) is 4.90 Å². The smallest absolute Gasteiger partial charge is 0.256 e. The summed E-state index contributed by atoms with van der Waals surface area (Å²) >= 11 is 11.5. The van der Waals surface area contributed by atoms with Crippen molar-refractivity contribution in [1.82, 2.24) is 9.80 Å². The van der Waals surface area contributed by atoms with Crippen LogP contribution in [0.25, 0.3) is 0 Å². The SMILES string of the molecule is CC1CN(C(=O)C(Cl)Cl)C(C)(C)C2CCCN12. The van der Waals surface area contributed by atoms with Crippen molar-refractivity contribution in [3.8, 4) is 0 Å². The van der Waals surface area contributed by atoms with E-state index in [0.717, 1.165) is 19.5 Å². The van der Waals surface area contributed by atoms with Crippen LogP contribution in [0.5, 0.6) is 0 Å². The van der Waals surface area contributed by atoms with Gasteiger partial charge in [0.25, 0.3) is 5.91 Å². The molecule has 0 N–H and O–H groups in total. The molecule has 0 spiro atoms. The minimum atomic E-state index is -0.950. The summed E-state index contributed by atoms with van der Waals surface area (Å²) in [6.45, 7) is 8.28. The molecule has 2 aliphatic heterocycles. The minimum Gasteiger partial charge on any atom is -0.332 e. The van der Waals surface area contributed by atoms with Crippen LogP contribution in [0.4, 0.5) is 0 Å². The molecular formula is C12H20Cl2N2O. The van der Waals surface area contributed by atoms with Crippen molar-refractivity contribution in [2.75, 3.05) is 13.1 Å². The first kappa shape index (κ1) is 13.4. The van der Waals surface area contributed by atoms with Crippen molar-refractivity contribution < 1.29 is 4.79 Å². The lowest BCUT2D eigenvalue weighted by atomic mass is 9.86. The van der Waals surface area contributed by atoms with Crippen LogP contribution in [0.3, 0.4) is 0 Å². The zero-order chi connectivity index (χ0) is 12.8. The zero-order valence-corrected chi connectivity index (χ0v) is 12.1. The number of rotatable bonds is 1. The van der Waals surface area contributed by atoms with Crippen molar-refractivity contribution >= 4 is 29.1 Å².